The number of hydrogen-bond donors (Lipinski definition) is 1. The van der Waals surface area contributed by atoms with Crippen LogP contribution in [-0.2, 0) is 9.53 Å². The highest BCUT2D eigenvalue weighted by atomic mass is 79.9. The molecule has 10 heteroatoms. The third kappa shape index (κ3) is 3.87. The minimum absolute atomic E-state index is 0.00836. The first-order valence-corrected chi connectivity index (χ1v) is 11.0. The second kappa shape index (κ2) is 8.71. The van der Waals surface area contributed by atoms with E-state index in [1.807, 2.05) is 42.5 Å². The van der Waals surface area contributed by atoms with E-state index < -0.39 is 0 Å². The summed E-state index contributed by atoms with van der Waals surface area (Å²) in [6.45, 7) is 2.42. The molecule has 0 atom stereocenters. The molecule has 0 radical (unpaired) electrons. The van der Waals surface area contributed by atoms with Crippen LogP contribution >= 0.6 is 15.9 Å². The molecule has 3 heterocycles. The van der Waals surface area contributed by atoms with Crippen LogP contribution in [0.1, 0.15) is 0 Å². The number of benzene rings is 2. The Hall–Kier alpha value is -3.24. The molecule has 2 aromatic heterocycles. The van der Waals surface area contributed by atoms with Gasteiger partial charge in [-0.2, -0.15) is 4.52 Å². The number of aromatic nitrogens is 4. The molecule has 32 heavy (non-hydrogen) atoms. The fraction of sp³-hybridized carbons (Fsp3) is 0.273. The molecule has 0 spiro atoms. The molecule has 1 amide bonds. The summed E-state index contributed by atoms with van der Waals surface area (Å²) in [5.41, 5.74) is 2.26. The van der Waals surface area contributed by atoms with Crippen molar-refractivity contribution in [3.8, 4) is 17.1 Å². The third-order valence-corrected chi connectivity index (χ3v) is 6.00. The third-order valence-electron chi connectivity index (χ3n) is 5.36. The Bertz CT molecular complexity index is 1280. The molecule has 0 unspecified atom stereocenters. The van der Waals surface area contributed by atoms with Gasteiger partial charge >= 0.3 is 0 Å². The van der Waals surface area contributed by atoms with Gasteiger partial charge in [0.25, 0.3) is 0 Å². The molecule has 0 bridgehead atoms. The van der Waals surface area contributed by atoms with E-state index in [-0.39, 0.29) is 12.5 Å². The highest BCUT2D eigenvalue weighted by molar-refractivity contribution is 9.10. The number of methoxy groups -OCH3 is 1. The predicted octanol–water partition coefficient (Wildman–Crippen LogP) is 2.99. The Morgan fingerprint density at radius 2 is 1.94 bits per heavy atom. The van der Waals surface area contributed by atoms with Crippen molar-refractivity contribution in [1.82, 2.24) is 24.5 Å². The zero-order valence-corrected chi connectivity index (χ0v) is 19.0. The maximum absolute atomic E-state index is 12.6. The van der Waals surface area contributed by atoms with Gasteiger partial charge in [0.2, 0.25) is 11.9 Å². The molecule has 5 rings (SSSR count). The minimum atomic E-state index is -0.00836. The van der Waals surface area contributed by atoms with Crippen LogP contribution in [0.2, 0.25) is 0 Å². The second-order valence-corrected chi connectivity index (χ2v) is 8.17. The number of nitrogens with one attached hydrogen (secondary N) is 1. The van der Waals surface area contributed by atoms with Gasteiger partial charge in [0, 0.05) is 28.5 Å². The van der Waals surface area contributed by atoms with Gasteiger partial charge in [-0.05, 0) is 52.3 Å². The van der Waals surface area contributed by atoms with Crippen molar-refractivity contribution in [2.24, 2.45) is 0 Å². The van der Waals surface area contributed by atoms with Gasteiger partial charge in [-0.1, -0.05) is 6.07 Å². The highest BCUT2D eigenvalue weighted by Gasteiger charge is 2.19. The number of morpholine rings is 1. The molecule has 164 valence electrons. The lowest BCUT2D eigenvalue weighted by molar-refractivity contribution is -0.133. The van der Waals surface area contributed by atoms with E-state index in [9.17, 15) is 4.79 Å². The molecule has 1 saturated heterocycles. The summed E-state index contributed by atoms with van der Waals surface area (Å²) in [6, 6.07) is 13.4. The maximum atomic E-state index is 12.6. The molecular formula is C22H21BrN6O3. The maximum Gasteiger partial charge on any atom is 0.242 e. The van der Waals surface area contributed by atoms with E-state index >= 15 is 0 Å². The van der Waals surface area contributed by atoms with Crippen LogP contribution in [0.25, 0.3) is 27.9 Å². The molecule has 9 nitrogen and oxygen atoms in total. The zero-order valence-electron chi connectivity index (χ0n) is 17.4. The molecule has 4 aromatic rings. The average molecular weight is 497 g/mol. The van der Waals surface area contributed by atoms with E-state index in [0.717, 1.165) is 26.7 Å². The second-order valence-electron chi connectivity index (χ2n) is 7.32. The molecular weight excluding hydrogens is 476 g/mol. The summed E-state index contributed by atoms with van der Waals surface area (Å²) < 4.78 is 13.1. The van der Waals surface area contributed by atoms with Crippen molar-refractivity contribution in [1.29, 1.82) is 0 Å². The van der Waals surface area contributed by atoms with Crippen LogP contribution in [0, 0.1) is 0 Å². The van der Waals surface area contributed by atoms with E-state index in [1.165, 1.54) is 0 Å². The molecule has 1 fully saturated rings. The van der Waals surface area contributed by atoms with Crippen molar-refractivity contribution in [3.63, 3.8) is 0 Å². The summed E-state index contributed by atoms with van der Waals surface area (Å²) in [4.78, 5) is 24.0. The Morgan fingerprint density at radius 3 is 2.69 bits per heavy atom. The molecule has 0 saturated carbocycles. The van der Waals surface area contributed by atoms with E-state index in [4.69, 9.17) is 19.4 Å². The monoisotopic (exact) mass is 496 g/mol. The van der Waals surface area contributed by atoms with Crippen LogP contribution < -0.4 is 10.1 Å². The number of nitrogens with zero attached hydrogens (tertiary/aromatic N) is 5. The summed E-state index contributed by atoms with van der Waals surface area (Å²) >= 11 is 3.58. The minimum Gasteiger partial charge on any atom is -0.497 e. The summed E-state index contributed by atoms with van der Waals surface area (Å²) in [5.74, 6) is 1.77. The van der Waals surface area contributed by atoms with Crippen LogP contribution in [-0.4, -0.2) is 70.3 Å². The number of ether oxygens (including phenoxy) is 2. The van der Waals surface area contributed by atoms with Crippen molar-refractivity contribution in [2.45, 2.75) is 0 Å². The highest BCUT2D eigenvalue weighted by Crippen LogP contribution is 2.29. The number of rotatable bonds is 5. The predicted molar refractivity (Wildman–Crippen MR) is 124 cm³/mol. The van der Waals surface area contributed by atoms with Crippen LogP contribution in [0.3, 0.4) is 0 Å². The van der Waals surface area contributed by atoms with E-state index in [2.05, 4.69) is 26.3 Å². The molecule has 1 aliphatic rings. The number of para-hydroxylation sites is 1. The van der Waals surface area contributed by atoms with Crippen LogP contribution in [0.15, 0.2) is 46.9 Å². The average Bonchev–Trinajstić information content (AvgIpc) is 3.29. The number of carbonyl (C=O) groups is 1. The van der Waals surface area contributed by atoms with Crippen molar-refractivity contribution >= 4 is 44.3 Å². The largest absolute Gasteiger partial charge is 0.497 e. The lowest BCUT2D eigenvalue weighted by atomic mass is 10.2. The first-order chi connectivity index (χ1) is 15.6. The number of hydrogen-bond acceptors (Lipinski definition) is 7. The van der Waals surface area contributed by atoms with Gasteiger partial charge in [-0.3, -0.25) is 4.79 Å². The van der Waals surface area contributed by atoms with Crippen molar-refractivity contribution in [2.75, 3.05) is 45.3 Å². The topological polar surface area (TPSA) is 93.9 Å². The molecule has 1 aliphatic heterocycles. The van der Waals surface area contributed by atoms with E-state index in [0.29, 0.717) is 43.7 Å². The lowest BCUT2D eigenvalue weighted by Gasteiger charge is -2.26. The summed E-state index contributed by atoms with van der Waals surface area (Å²) in [7, 11) is 1.63. The van der Waals surface area contributed by atoms with Crippen molar-refractivity contribution < 1.29 is 14.3 Å². The number of amides is 1. The molecule has 1 N–H and O–H groups in total. The van der Waals surface area contributed by atoms with Gasteiger partial charge in [0.1, 0.15) is 5.75 Å². The first kappa shape index (κ1) is 20.7. The smallest absolute Gasteiger partial charge is 0.242 e. The van der Waals surface area contributed by atoms with Crippen LogP contribution in [0.4, 0.5) is 5.95 Å². The number of carbonyl (C=O) groups excluding carboxylic acids is 1. The number of halogens is 1. The normalized spacial score (nSPS) is 14.1. The Labute approximate surface area is 192 Å². The Morgan fingerprint density at radius 1 is 1.16 bits per heavy atom. The fourth-order valence-electron chi connectivity index (χ4n) is 3.65. The molecule has 0 aliphatic carbocycles. The SMILES string of the molecule is COc1ccc(-c2nc3c4cccc(Br)c4nc(NCC(=O)N4CCOCC4)n3n2)cc1. The van der Waals surface area contributed by atoms with Gasteiger partial charge in [0.15, 0.2) is 11.5 Å². The van der Waals surface area contributed by atoms with Crippen LogP contribution in [0.5, 0.6) is 5.75 Å². The summed E-state index contributed by atoms with van der Waals surface area (Å²) in [5, 5.41) is 8.71. The molecule has 2 aromatic carbocycles. The summed E-state index contributed by atoms with van der Waals surface area (Å²) in [6.07, 6.45) is 0. The van der Waals surface area contributed by atoms with Crippen molar-refractivity contribution in [3.05, 3.63) is 46.9 Å². The van der Waals surface area contributed by atoms with Gasteiger partial charge in [0.05, 0.1) is 32.4 Å². The number of anilines is 1. The fourth-order valence-corrected chi connectivity index (χ4v) is 4.11. The quantitative estimate of drug-likeness (QED) is 0.453. The Kier molecular flexibility index (Phi) is 5.62. The lowest BCUT2D eigenvalue weighted by Crippen LogP contribution is -2.43. The van der Waals surface area contributed by atoms with Gasteiger partial charge < -0.3 is 19.7 Å². The van der Waals surface area contributed by atoms with Gasteiger partial charge in [-0.15, -0.1) is 5.10 Å². The Balaban J connectivity index is 1.54. The zero-order chi connectivity index (χ0) is 22.1. The first-order valence-electron chi connectivity index (χ1n) is 10.2. The van der Waals surface area contributed by atoms with E-state index in [1.54, 1.807) is 16.5 Å². The van der Waals surface area contributed by atoms with Gasteiger partial charge in [-0.25, -0.2) is 9.97 Å². The number of fused-ring (bicyclic) bond motifs is 3. The standard InChI is InChI=1S/C22H21BrN6O3/c1-31-15-7-5-14(6-8-15)20-26-21-16-3-2-4-17(23)19(16)25-22(29(21)27-20)24-13-18(30)28-9-11-32-12-10-28/h2-8H,9-13H2,1H3,(H,24,25).